The second-order valence-electron chi connectivity index (χ2n) is 2.39. The Bertz CT molecular complexity index is 209. The highest BCUT2D eigenvalue weighted by Gasteiger charge is 2.10. The van der Waals surface area contributed by atoms with E-state index in [-0.39, 0.29) is 12.4 Å². The lowest BCUT2D eigenvalue weighted by atomic mass is 10.3. The van der Waals surface area contributed by atoms with E-state index >= 15 is 0 Å². The Morgan fingerprint density at radius 3 is 3.10 bits per heavy atom. The highest BCUT2D eigenvalue weighted by molar-refractivity contribution is 5.85. The van der Waals surface area contributed by atoms with Crippen LogP contribution < -0.4 is 5.73 Å². The first-order chi connectivity index (χ1) is 4.36. The average Bonchev–Trinajstić information content (AvgIpc) is 2.22. The summed E-state index contributed by atoms with van der Waals surface area (Å²) in [5.41, 5.74) is 6.74. The van der Waals surface area contributed by atoms with Gasteiger partial charge in [0.2, 0.25) is 0 Å². The van der Waals surface area contributed by atoms with Crippen LogP contribution in [-0.4, -0.2) is 9.78 Å². The Balaban J connectivity index is 0.000000500. The Morgan fingerprint density at radius 1 is 1.60 bits per heavy atom. The van der Waals surface area contributed by atoms with Crippen LogP contribution in [-0.2, 0) is 13.0 Å². The zero-order valence-electron chi connectivity index (χ0n) is 5.58. The third-order valence-corrected chi connectivity index (χ3v) is 1.69. The zero-order valence-corrected chi connectivity index (χ0v) is 6.40. The Labute approximate surface area is 65.6 Å². The molecule has 56 valence electrons. The molecule has 3 nitrogen and oxygen atoms in total. The number of nitrogens with two attached hydrogens (primary N) is 1. The number of aryl methyl sites for hydroxylation is 2. The van der Waals surface area contributed by atoms with Crippen LogP contribution in [0.2, 0.25) is 0 Å². The molecule has 0 saturated heterocycles. The largest absolute Gasteiger partial charge is 0.382 e. The summed E-state index contributed by atoms with van der Waals surface area (Å²) in [7, 11) is 0. The van der Waals surface area contributed by atoms with Gasteiger partial charge in [0.1, 0.15) is 5.82 Å². The molecule has 1 aromatic heterocycles. The molecule has 0 unspecified atom stereocenters. The summed E-state index contributed by atoms with van der Waals surface area (Å²) in [5, 5.41) is 4.09. The molecular weight excluding hydrogens is 150 g/mol. The minimum absolute atomic E-state index is 0. The highest BCUT2D eigenvalue weighted by Crippen LogP contribution is 2.15. The van der Waals surface area contributed by atoms with E-state index in [4.69, 9.17) is 5.73 Å². The molecule has 1 aliphatic heterocycles. The molecule has 1 aliphatic rings. The summed E-state index contributed by atoms with van der Waals surface area (Å²) < 4.78 is 1.98. The van der Waals surface area contributed by atoms with Crippen LogP contribution >= 0.6 is 12.4 Å². The lowest BCUT2D eigenvalue weighted by Gasteiger charge is -1.88. The number of nitrogens with zero attached hydrogens (tertiary/aromatic N) is 2. The van der Waals surface area contributed by atoms with E-state index in [9.17, 15) is 0 Å². The monoisotopic (exact) mass is 159 g/mol. The second kappa shape index (κ2) is 2.50. The highest BCUT2D eigenvalue weighted by atomic mass is 35.5. The summed E-state index contributed by atoms with van der Waals surface area (Å²) in [6.07, 6.45) is 2.37. The van der Waals surface area contributed by atoms with Crippen molar-refractivity contribution < 1.29 is 0 Å². The number of hydrogen-bond acceptors (Lipinski definition) is 2. The summed E-state index contributed by atoms with van der Waals surface area (Å²) in [5.74, 6) is 0.657. The van der Waals surface area contributed by atoms with E-state index in [0.29, 0.717) is 5.82 Å². The third kappa shape index (κ3) is 0.968. The summed E-state index contributed by atoms with van der Waals surface area (Å²) in [6.45, 7) is 1.05. The first-order valence-electron chi connectivity index (χ1n) is 3.18. The van der Waals surface area contributed by atoms with E-state index in [2.05, 4.69) is 5.10 Å². The normalized spacial score (nSPS) is 14.4. The topological polar surface area (TPSA) is 43.8 Å². The van der Waals surface area contributed by atoms with Crippen LogP contribution in [0.1, 0.15) is 12.1 Å². The van der Waals surface area contributed by atoms with E-state index in [1.807, 2.05) is 10.7 Å². The maximum Gasteiger partial charge on any atom is 0.145 e. The van der Waals surface area contributed by atoms with Crippen molar-refractivity contribution >= 4 is 18.2 Å². The maximum atomic E-state index is 5.46. The molecule has 0 bridgehead atoms. The molecule has 0 spiro atoms. The van der Waals surface area contributed by atoms with Crippen LogP contribution in [0.15, 0.2) is 6.07 Å². The third-order valence-electron chi connectivity index (χ3n) is 1.69. The standard InChI is InChI=1S/C6H9N3.ClH/c7-6-4-5-2-1-3-9(5)8-6;/h4H,1-3H2,(H2,7,8);1H. The van der Waals surface area contributed by atoms with Crippen molar-refractivity contribution in [1.29, 1.82) is 0 Å². The number of fused-ring (bicyclic) bond motifs is 1. The molecular formula is C6H10ClN3. The summed E-state index contributed by atoms with van der Waals surface area (Å²) in [4.78, 5) is 0. The molecule has 0 aromatic carbocycles. The van der Waals surface area contributed by atoms with Crippen molar-refractivity contribution in [3.63, 3.8) is 0 Å². The molecule has 4 heteroatoms. The van der Waals surface area contributed by atoms with E-state index in [0.717, 1.165) is 13.0 Å². The van der Waals surface area contributed by atoms with Gasteiger partial charge in [-0.1, -0.05) is 0 Å². The molecule has 0 aliphatic carbocycles. The number of nitrogen functional groups attached to an aromatic ring is 1. The lowest BCUT2D eigenvalue weighted by Crippen LogP contribution is -1.95. The van der Waals surface area contributed by atoms with E-state index in [1.165, 1.54) is 12.1 Å². The molecule has 0 fully saturated rings. The number of anilines is 1. The molecule has 2 N–H and O–H groups in total. The van der Waals surface area contributed by atoms with E-state index < -0.39 is 0 Å². The first kappa shape index (κ1) is 7.41. The van der Waals surface area contributed by atoms with Crippen molar-refractivity contribution in [1.82, 2.24) is 9.78 Å². The van der Waals surface area contributed by atoms with Crippen molar-refractivity contribution in [2.24, 2.45) is 0 Å². The first-order valence-corrected chi connectivity index (χ1v) is 3.18. The van der Waals surface area contributed by atoms with Gasteiger partial charge in [0.15, 0.2) is 0 Å². The maximum absolute atomic E-state index is 5.46. The van der Waals surface area contributed by atoms with Crippen LogP contribution in [0.25, 0.3) is 0 Å². The van der Waals surface area contributed by atoms with Crippen molar-refractivity contribution in [3.05, 3.63) is 11.8 Å². The van der Waals surface area contributed by atoms with Gasteiger partial charge in [-0.05, 0) is 12.8 Å². The molecule has 1 aromatic rings. The quantitative estimate of drug-likeness (QED) is 0.610. The van der Waals surface area contributed by atoms with Gasteiger partial charge in [-0.2, -0.15) is 5.10 Å². The van der Waals surface area contributed by atoms with Crippen molar-refractivity contribution in [3.8, 4) is 0 Å². The molecule has 10 heavy (non-hydrogen) atoms. The van der Waals surface area contributed by atoms with Gasteiger partial charge in [-0.3, -0.25) is 4.68 Å². The van der Waals surface area contributed by atoms with Gasteiger partial charge in [0.05, 0.1) is 0 Å². The van der Waals surface area contributed by atoms with Gasteiger partial charge in [-0.15, -0.1) is 12.4 Å². The number of aromatic nitrogens is 2. The van der Waals surface area contributed by atoms with Gasteiger partial charge in [0, 0.05) is 18.3 Å². The lowest BCUT2D eigenvalue weighted by molar-refractivity contribution is 0.660. The van der Waals surface area contributed by atoms with Crippen LogP contribution in [0.4, 0.5) is 5.82 Å². The molecule has 0 amide bonds. The smallest absolute Gasteiger partial charge is 0.145 e. The minimum Gasteiger partial charge on any atom is -0.382 e. The molecule has 0 saturated carbocycles. The predicted octanol–water partition coefficient (Wildman–Crippen LogP) is 0.833. The van der Waals surface area contributed by atoms with Crippen molar-refractivity contribution in [2.75, 3.05) is 5.73 Å². The van der Waals surface area contributed by atoms with Gasteiger partial charge in [0.25, 0.3) is 0 Å². The Hall–Kier alpha value is -0.700. The summed E-state index contributed by atoms with van der Waals surface area (Å²) >= 11 is 0. The van der Waals surface area contributed by atoms with Gasteiger partial charge in [-0.25, -0.2) is 0 Å². The van der Waals surface area contributed by atoms with Crippen LogP contribution in [0.3, 0.4) is 0 Å². The second-order valence-corrected chi connectivity index (χ2v) is 2.39. The summed E-state index contributed by atoms with van der Waals surface area (Å²) in [6, 6.07) is 1.95. The Kier molecular flexibility index (Phi) is 1.85. The fourth-order valence-corrected chi connectivity index (χ4v) is 1.28. The van der Waals surface area contributed by atoms with Crippen LogP contribution in [0, 0.1) is 0 Å². The fourth-order valence-electron chi connectivity index (χ4n) is 1.28. The fraction of sp³-hybridized carbons (Fsp3) is 0.500. The molecule has 2 heterocycles. The zero-order chi connectivity index (χ0) is 6.27. The van der Waals surface area contributed by atoms with Crippen molar-refractivity contribution in [2.45, 2.75) is 19.4 Å². The van der Waals surface area contributed by atoms with Crippen LogP contribution in [0.5, 0.6) is 0 Å². The molecule has 2 rings (SSSR count). The van der Waals surface area contributed by atoms with E-state index in [1.54, 1.807) is 0 Å². The molecule has 0 atom stereocenters. The average molecular weight is 160 g/mol. The SMILES string of the molecule is Cl.Nc1cc2n(n1)CCC2. The molecule has 0 radical (unpaired) electrons. The predicted molar refractivity (Wildman–Crippen MR) is 42.2 cm³/mol. The minimum atomic E-state index is 0. The number of hydrogen-bond donors (Lipinski definition) is 1. The number of halogens is 1. The van der Waals surface area contributed by atoms with Gasteiger partial charge < -0.3 is 5.73 Å². The Morgan fingerprint density at radius 2 is 2.40 bits per heavy atom. The van der Waals surface area contributed by atoms with Gasteiger partial charge >= 0.3 is 0 Å². The number of rotatable bonds is 0.